The molecule has 31 valence electrons. The lowest BCUT2D eigenvalue weighted by Gasteiger charge is -1.63. The van der Waals surface area contributed by atoms with Gasteiger partial charge in [-0.15, -0.1) is 0 Å². The number of halogens is 1. The molecule has 0 amide bonds. The second kappa shape index (κ2) is 1.59. The average molecular weight is 194 g/mol. The third-order valence-corrected chi connectivity index (χ3v) is 0.861. The first-order valence-electron chi connectivity index (χ1n) is 1.37. The molecule has 0 saturated heterocycles. The molecule has 1 rings (SSSR count). The smallest absolute Gasteiger partial charge is 0.257 e. The molecule has 0 bridgehead atoms. The number of hydrogen-bond donors (Lipinski definition) is 0. The van der Waals surface area contributed by atoms with Gasteiger partial charge >= 0.3 is 0 Å². The van der Waals surface area contributed by atoms with Crippen molar-refractivity contribution in [1.82, 2.24) is 4.98 Å². The van der Waals surface area contributed by atoms with Crippen molar-refractivity contribution in [2.45, 2.75) is 0 Å². The first-order chi connectivity index (χ1) is 2.89. The van der Waals surface area contributed by atoms with Crippen LogP contribution in [0.25, 0.3) is 0 Å². The first kappa shape index (κ1) is 4.11. The summed E-state index contributed by atoms with van der Waals surface area (Å²) in [5, 5.41) is 0. The summed E-state index contributed by atoms with van der Waals surface area (Å²) in [6.07, 6.45) is 3.92. The highest BCUT2D eigenvalue weighted by Gasteiger charge is 1.81. The van der Waals surface area contributed by atoms with Crippen molar-refractivity contribution in [2.75, 3.05) is 0 Å². The van der Waals surface area contributed by atoms with Gasteiger partial charge in [-0.05, 0) is 0 Å². The molecule has 1 radical (unpaired) electrons. The van der Waals surface area contributed by atoms with Crippen LogP contribution in [0.5, 0.6) is 0 Å². The second-order valence-electron chi connectivity index (χ2n) is 0.731. The zero-order valence-electron chi connectivity index (χ0n) is 2.81. The average Bonchev–Trinajstić information content (AvgIpc) is 1.86. The molecule has 1 aromatic rings. The maximum absolute atomic E-state index is 4.58. The number of oxazole rings is 1. The molecule has 2 nitrogen and oxygen atoms in total. The maximum Gasteiger partial charge on any atom is 0.257 e. The summed E-state index contributed by atoms with van der Waals surface area (Å²) in [7, 11) is 0. The van der Waals surface area contributed by atoms with Crippen molar-refractivity contribution in [2.24, 2.45) is 0 Å². The van der Waals surface area contributed by atoms with Gasteiger partial charge in [0, 0.05) is 22.6 Å². The van der Waals surface area contributed by atoms with Crippen LogP contribution in [0.4, 0.5) is 0 Å². The molecule has 0 saturated carbocycles. The van der Waals surface area contributed by atoms with E-state index in [0.717, 1.165) is 0 Å². The lowest BCUT2D eigenvalue weighted by Crippen LogP contribution is -1.57. The highest BCUT2D eigenvalue weighted by molar-refractivity contribution is 14.1. The normalized spacial score (nSPS) is 8.83. The molecule has 1 aromatic heterocycles. The van der Waals surface area contributed by atoms with Crippen molar-refractivity contribution in [3.8, 4) is 0 Å². The standard InChI is InChI=1S/C3HINO/c4-3-5-1-2-6-3/h1H. The van der Waals surface area contributed by atoms with Gasteiger partial charge in [-0.1, -0.05) is 0 Å². The molecule has 0 spiro atoms. The van der Waals surface area contributed by atoms with Crippen LogP contribution >= 0.6 is 22.6 Å². The van der Waals surface area contributed by atoms with Gasteiger partial charge in [-0.3, -0.25) is 0 Å². The van der Waals surface area contributed by atoms with Gasteiger partial charge in [0.05, 0.1) is 6.20 Å². The van der Waals surface area contributed by atoms with Gasteiger partial charge < -0.3 is 4.42 Å². The van der Waals surface area contributed by atoms with Crippen LogP contribution in [-0.4, -0.2) is 4.98 Å². The van der Waals surface area contributed by atoms with Gasteiger partial charge in [0.25, 0.3) is 3.90 Å². The molecule has 0 aliphatic heterocycles. The molecule has 0 N–H and O–H groups in total. The largest absolute Gasteiger partial charge is 0.428 e. The summed E-state index contributed by atoms with van der Waals surface area (Å²) < 4.78 is 5.22. The SMILES string of the molecule is Ic1nc[c]o1. The lowest BCUT2D eigenvalue weighted by atomic mass is 11.0. The molecular formula is C3HINO. The molecule has 0 unspecified atom stereocenters. The summed E-state index contributed by atoms with van der Waals surface area (Å²) in [5.74, 6) is 0. The van der Waals surface area contributed by atoms with E-state index in [9.17, 15) is 0 Å². The van der Waals surface area contributed by atoms with E-state index in [1.54, 1.807) is 0 Å². The Kier molecular flexibility index (Phi) is 1.09. The summed E-state index contributed by atoms with van der Waals surface area (Å²) in [4.78, 5) is 3.68. The predicted octanol–water partition coefficient (Wildman–Crippen LogP) is 1.08. The van der Waals surface area contributed by atoms with E-state index in [1.165, 1.54) is 6.20 Å². The fourth-order valence-electron chi connectivity index (χ4n) is 0.178. The fraction of sp³-hybridized carbons (Fsp3) is 0. The zero-order chi connectivity index (χ0) is 4.41. The monoisotopic (exact) mass is 194 g/mol. The predicted molar refractivity (Wildman–Crippen MR) is 28.1 cm³/mol. The summed E-state index contributed by atoms with van der Waals surface area (Å²) in [6, 6.07) is 0. The van der Waals surface area contributed by atoms with Crippen molar-refractivity contribution < 1.29 is 4.42 Å². The van der Waals surface area contributed by atoms with Crippen LogP contribution in [0, 0.1) is 10.2 Å². The molecule has 0 fully saturated rings. The Hall–Kier alpha value is -0.0600. The molecule has 6 heavy (non-hydrogen) atoms. The quantitative estimate of drug-likeness (QED) is 0.577. The maximum atomic E-state index is 4.58. The Morgan fingerprint density at radius 1 is 2.00 bits per heavy atom. The molecule has 0 aliphatic carbocycles. The third kappa shape index (κ3) is 0.707. The van der Waals surface area contributed by atoms with E-state index in [1.807, 2.05) is 22.6 Å². The molecule has 3 heteroatoms. The molecule has 0 aliphatic rings. The van der Waals surface area contributed by atoms with Gasteiger partial charge in [0.2, 0.25) is 0 Å². The van der Waals surface area contributed by atoms with Crippen LogP contribution in [0.2, 0.25) is 0 Å². The zero-order valence-corrected chi connectivity index (χ0v) is 4.97. The Morgan fingerprint density at radius 3 is 3.00 bits per heavy atom. The van der Waals surface area contributed by atoms with E-state index in [4.69, 9.17) is 0 Å². The van der Waals surface area contributed by atoms with Crippen LogP contribution in [0.3, 0.4) is 0 Å². The van der Waals surface area contributed by atoms with Gasteiger partial charge in [0.1, 0.15) is 0 Å². The minimum atomic E-state index is 0.632. The van der Waals surface area contributed by atoms with E-state index < -0.39 is 0 Å². The minimum Gasteiger partial charge on any atom is -0.428 e. The van der Waals surface area contributed by atoms with E-state index in [0.29, 0.717) is 3.90 Å². The highest BCUT2D eigenvalue weighted by Crippen LogP contribution is 1.95. The Balaban J connectivity index is 3.05. The van der Waals surface area contributed by atoms with Crippen LogP contribution in [-0.2, 0) is 0 Å². The number of nitrogens with zero attached hydrogens (tertiary/aromatic N) is 1. The topological polar surface area (TPSA) is 26.0 Å². The molecule has 1 heterocycles. The van der Waals surface area contributed by atoms with Gasteiger partial charge in [-0.25, -0.2) is 4.98 Å². The van der Waals surface area contributed by atoms with Crippen LogP contribution in [0.15, 0.2) is 10.6 Å². The van der Waals surface area contributed by atoms with Crippen molar-refractivity contribution >= 4 is 22.6 Å². The number of hydrogen-bond acceptors (Lipinski definition) is 2. The first-order valence-corrected chi connectivity index (χ1v) is 2.45. The minimum absolute atomic E-state index is 0.632. The summed E-state index contributed by atoms with van der Waals surface area (Å²) in [5.41, 5.74) is 0. The highest BCUT2D eigenvalue weighted by atomic mass is 127. The third-order valence-electron chi connectivity index (χ3n) is 0.362. The van der Waals surface area contributed by atoms with Gasteiger partial charge in [-0.2, -0.15) is 0 Å². The van der Waals surface area contributed by atoms with E-state index in [2.05, 4.69) is 15.7 Å². The van der Waals surface area contributed by atoms with E-state index >= 15 is 0 Å². The van der Waals surface area contributed by atoms with Crippen LogP contribution < -0.4 is 0 Å². The lowest BCUT2D eigenvalue weighted by molar-refractivity contribution is 0.517. The van der Waals surface area contributed by atoms with Crippen molar-refractivity contribution in [1.29, 1.82) is 0 Å². The number of aromatic nitrogens is 1. The van der Waals surface area contributed by atoms with Crippen molar-refractivity contribution in [3.05, 3.63) is 16.4 Å². The Bertz CT molecular complexity index is 114. The Labute approximate surface area is 48.7 Å². The fourth-order valence-corrected chi connectivity index (χ4v) is 0.445. The number of rotatable bonds is 0. The van der Waals surface area contributed by atoms with Crippen molar-refractivity contribution in [3.63, 3.8) is 0 Å². The molecule has 0 atom stereocenters. The molecule has 0 aromatic carbocycles. The van der Waals surface area contributed by atoms with Gasteiger partial charge in [0.15, 0.2) is 6.26 Å². The van der Waals surface area contributed by atoms with Crippen LogP contribution in [0.1, 0.15) is 0 Å². The summed E-state index contributed by atoms with van der Waals surface area (Å²) >= 11 is 1.97. The molecular weight excluding hydrogens is 193 g/mol. The second-order valence-corrected chi connectivity index (χ2v) is 1.65. The Morgan fingerprint density at radius 2 is 2.83 bits per heavy atom. The van der Waals surface area contributed by atoms with E-state index in [-0.39, 0.29) is 0 Å². The summed E-state index contributed by atoms with van der Waals surface area (Å²) in [6.45, 7) is 0.